The van der Waals surface area contributed by atoms with Gasteiger partial charge in [0.15, 0.2) is 0 Å². The second-order valence-corrected chi connectivity index (χ2v) is 5.98. The average Bonchev–Trinajstić information content (AvgIpc) is 2.61. The molecular weight excluding hydrogens is 248 g/mol. The Morgan fingerprint density at radius 2 is 2.11 bits per heavy atom. The third kappa shape index (κ3) is 3.53. The zero-order chi connectivity index (χ0) is 13.0. The summed E-state index contributed by atoms with van der Waals surface area (Å²) in [7, 11) is 0. The van der Waals surface area contributed by atoms with Crippen molar-refractivity contribution in [2.75, 3.05) is 0 Å². The molecule has 1 aromatic rings. The summed E-state index contributed by atoms with van der Waals surface area (Å²) in [5.41, 5.74) is 0.647. The molecule has 18 heavy (non-hydrogen) atoms. The van der Waals surface area contributed by atoms with Crippen LogP contribution in [0.25, 0.3) is 0 Å². The smallest absolute Gasteiger partial charge is 0.327 e. The quantitative estimate of drug-likeness (QED) is 0.824. The number of nitrogens with one attached hydrogen (secondary N) is 1. The Bertz CT molecular complexity index is 397. The molecule has 5 heteroatoms. The van der Waals surface area contributed by atoms with E-state index in [1.54, 1.807) is 0 Å². The van der Waals surface area contributed by atoms with Crippen molar-refractivity contribution in [3.8, 4) is 0 Å². The lowest BCUT2D eigenvalue weighted by atomic mass is 10.1. The number of thiazole rings is 1. The molecule has 1 fully saturated rings. The van der Waals surface area contributed by atoms with Crippen LogP contribution in [0.3, 0.4) is 0 Å². The molecule has 0 aliphatic heterocycles. The molecule has 0 saturated heterocycles. The molecule has 1 aliphatic carbocycles. The SMILES string of the molecule is Cc1nc(C(NC2CCCCCC2)C(=O)O)cs1. The van der Waals surface area contributed by atoms with Gasteiger partial charge in [-0.25, -0.2) is 4.98 Å². The molecule has 100 valence electrons. The highest BCUT2D eigenvalue weighted by molar-refractivity contribution is 7.09. The van der Waals surface area contributed by atoms with E-state index in [1.165, 1.54) is 37.0 Å². The maximum Gasteiger partial charge on any atom is 0.327 e. The Morgan fingerprint density at radius 3 is 2.61 bits per heavy atom. The predicted molar refractivity (Wildman–Crippen MR) is 71.9 cm³/mol. The van der Waals surface area contributed by atoms with Crippen molar-refractivity contribution in [3.05, 3.63) is 16.1 Å². The standard InChI is InChI=1S/C13H20N2O2S/c1-9-14-11(8-18-9)12(13(16)17)15-10-6-4-2-3-5-7-10/h8,10,12,15H,2-7H2,1H3,(H,16,17). The number of carboxylic acid groups (broad SMARTS) is 1. The van der Waals surface area contributed by atoms with Gasteiger partial charge in [0, 0.05) is 11.4 Å². The Hall–Kier alpha value is -0.940. The number of aryl methyl sites for hydroxylation is 1. The number of carboxylic acids is 1. The zero-order valence-electron chi connectivity index (χ0n) is 10.7. The Balaban J connectivity index is 2.04. The summed E-state index contributed by atoms with van der Waals surface area (Å²) < 4.78 is 0. The van der Waals surface area contributed by atoms with Crippen LogP contribution in [0.15, 0.2) is 5.38 Å². The third-order valence-electron chi connectivity index (χ3n) is 3.44. The number of hydrogen-bond acceptors (Lipinski definition) is 4. The van der Waals surface area contributed by atoms with Gasteiger partial charge in [0.05, 0.1) is 10.7 Å². The highest BCUT2D eigenvalue weighted by Crippen LogP contribution is 2.22. The molecular formula is C13H20N2O2S. The topological polar surface area (TPSA) is 62.2 Å². The second kappa shape index (κ2) is 6.29. The van der Waals surface area contributed by atoms with Gasteiger partial charge in [-0.2, -0.15) is 0 Å². The number of aromatic nitrogens is 1. The van der Waals surface area contributed by atoms with E-state index in [0.717, 1.165) is 17.8 Å². The Morgan fingerprint density at radius 1 is 1.44 bits per heavy atom. The van der Waals surface area contributed by atoms with Crippen molar-refractivity contribution in [1.82, 2.24) is 10.3 Å². The first-order valence-corrected chi connectivity index (χ1v) is 7.45. The van der Waals surface area contributed by atoms with Crippen LogP contribution in [0, 0.1) is 6.92 Å². The molecule has 0 bridgehead atoms. The molecule has 1 atom stereocenters. The van der Waals surface area contributed by atoms with Crippen LogP contribution in [0.1, 0.15) is 55.3 Å². The van der Waals surface area contributed by atoms with Crippen molar-refractivity contribution in [3.63, 3.8) is 0 Å². The van der Waals surface area contributed by atoms with Gasteiger partial charge in [0.2, 0.25) is 0 Å². The summed E-state index contributed by atoms with van der Waals surface area (Å²) in [5, 5.41) is 15.4. The molecule has 2 rings (SSSR count). The van der Waals surface area contributed by atoms with Crippen molar-refractivity contribution in [2.45, 2.75) is 57.5 Å². The fourth-order valence-electron chi connectivity index (χ4n) is 2.48. The summed E-state index contributed by atoms with van der Waals surface area (Å²) in [6, 6.07) is -0.339. The van der Waals surface area contributed by atoms with Gasteiger partial charge in [-0.05, 0) is 19.8 Å². The van der Waals surface area contributed by atoms with E-state index in [2.05, 4.69) is 10.3 Å². The summed E-state index contributed by atoms with van der Waals surface area (Å²) in [4.78, 5) is 15.7. The Kier molecular flexibility index (Phi) is 4.72. The van der Waals surface area contributed by atoms with Gasteiger partial charge < -0.3 is 5.11 Å². The van der Waals surface area contributed by atoms with Crippen molar-refractivity contribution in [2.24, 2.45) is 0 Å². The molecule has 1 unspecified atom stereocenters. The number of hydrogen-bond donors (Lipinski definition) is 2. The molecule has 1 aromatic heterocycles. The molecule has 1 aliphatic rings. The van der Waals surface area contributed by atoms with E-state index in [-0.39, 0.29) is 0 Å². The van der Waals surface area contributed by atoms with E-state index in [0.29, 0.717) is 11.7 Å². The van der Waals surface area contributed by atoms with E-state index < -0.39 is 12.0 Å². The van der Waals surface area contributed by atoms with Crippen LogP contribution >= 0.6 is 11.3 Å². The number of nitrogens with zero attached hydrogens (tertiary/aromatic N) is 1. The molecule has 1 heterocycles. The summed E-state index contributed by atoms with van der Waals surface area (Å²) in [6.07, 6.45) is 7.08. The predicted octanol–water partition coefficient (Wildman–Crippen LogP) is 2.89. The second-order valence-electron chi connectivity index (χ2n) is 4.92. The molecule has 1 saturated carbocycles. The van der Waals surface area contributed by atoms with Crippen molar-refractivity contribution in [1.29, 1.82) is 0 Å². The van der Waals surface area contributed by atoms with Gasteiger partial charge in [-0.15, -0.1) is 11.3 Å². The molecule has 2 N–H and O–H groups in total. The lowest BCUT2D eigenvalue weighted by molar-refractivity contribution is -0.140. The highest BCUT2D eigenvalue weighted by Gasteiger charge is 2.25. The maximum atomic E-state index is 11.4. The van der Waals surface area contributed by atoms with Gasteiger partial charge in [-0.3, -0.25) is 10.1 Å². The average molecular weight is 268 g/mol. The maximum absolute atomic E-state index is 11.4. The lowest BCUT2D eigenvalue weighted by Crippen LogP contribution is -2.37. The lowest BCUT2D eigenvalue weighted by Gasteiger charge is -2.20. The minimum atomic E-state index is -0.829. The van der Waals surface area contributed by atoms with Gasteiger partial charge >= 0.3 is 5.97 Å². The molecule has 0 aromatic carbocycles. The molecule has 0 radical (unpaired) electrons. The van der Waals surface area contributed by atoms with Crippen LogP contribution in [-0.4, -0.2) is 22.1 Å². The highest BCUT2D eigenvalue weighted by atomic mass is 32.1. The van der Waals surface area contributed by atoms with Gasteiger partial charge in [0.1, 0.15) is 6.04 Å². The van der Waals surface area contributed by atoms with Gasteiger partial charge in [0.25, 0.3) is 0 Å². The summed E-state index contributed by atoms with van der Waals surface area (Å²) in [5.74, 6) is -0.829. The zero-order valence-corrected chi connectivity index (χ0v) is 11.5. The largest absolute Gasteiger partial charge is 0.480 e. The molecule has 0 spiro atoms. The normalized spacial score (nSPS) is 19.4. The van der Waals surface area contributed by atoms with Crippen LogP contribution < -0.4 is 5.32 Å². The Labute approximate surface area is 111 Å². The first kappa shape index (κ1) is 13.5. The number of carbonyl (C=O) groups is 1. The first-order valence-electron chi connectivity index (χ1n) is 6.57. The molecule has 0 amide bonds. The van der Waals surface area contributed by atoms with Crippen LogP contribution in [0.2, 0.25) is 0 Å². The van der Waals surface area contributed by atoms with E-state index in [1.807, 2.05) is 12.3 Å². The minimum absolute atomic E-state index is 0.315. The van der Waals surface area contributed by atoms with E-state index in [4.69, 9.17) is 0 Å². The third-order valence-corrected chi connectivity index (χ3v) is 4.23. The fraction of sp³-hybridized carbons (Fsp3) is 0.692. The van der Waals surface area contributed by atoms with Crippen LogP contribution in [0.5, 0.6) is 0 Å². The first-order chi connectivity index (χ1) is 8.66. The van der Waals surface area contributed by atoms with Gasteiger partial charge in [-0.1, -0.05) is 25.7 Å². The van der Waals surface area contributed by atoms with Crippen LogP contribution in [0.4, 0.5) is 0 Å². The van der Waals surface area contributed by atoms with E-state index in [9.17, 15) is 9.90 Å². The number of rotatable bonds is 4. The molecule has 4 nitrogen and oxygen atoms in total. The van der Waals surface area contributed by atoms with E-state index >= 15 is 0 Å². The number of aliphatic carboxylic acids is 1. The van der Waals surface area contributed by atoms with Crippen molar-refractivity contribution < 1.29 is 9.90 Å². The fourth-order valence-corrected chi connectivity index (χ4v) is 3.12. The summed E-state index contributed by atoms with van der Waals surface area (Å²) in [6.45, 7) is 1.90. The monoisotopic (exact) mass is 268 g/mol. The summed E-state index contributed by atoms with van der Waals surface area (Å²) >= 11 is 1.50. The van der Waals surface area contributed by atoms with Crippen molar-refractivity contribution >= 4 is 17.3 Å². The minimum Gasteiger partial charge on any atom is -0.480 e. The van der Waals surface area contributed by atoms with Crippen LogP contribution in [-0.2, 0) is 4.79 Å².